The number of amides is 1. The molecule has 0 bridgehead atoms. The van der Waals surface area contributed by atoms with Crippen LogP contribution in [0.15, 0.2) is 31.2 Å². The minimum Gasteiger partial charge on any atom is -0.476 e. The Bertz CT molecular complexity index is 581. The summed E-state index contributed by atoms with van der Waals surface area (Å²) >= 11 is 0. The quantitative estimate of drug-likeness (QED) is 0.771. The van der Waals surface area contributed by atoms with Crippen LogP contribution in [0.2, 0.25) is 0 Å². The maximum Gasteiger partial charge on any atom is 0.356 e. The van der Waals surface area contributed by atoms with Crippen LogP contribution in [0.4, 0.5) is 0 Å². The van der Waals surface area contributed by atoms with Crippen molar-refractivity contribution in [1.82, 2.24) is 24.8 Å². The second-order valence-corrected chi connectivity index (χ2v) is 3.68. The predicted octanol–water partition coefficient (Wildman–Crippen LogP) is -0.199. The Kier molecular flexibility index (Phi) is 3.81. The fourth-order valence-corrected chi connectivity index (χ4v) is 1.41. The summed E-state index contributed by atoms with van der Waals surface area (Å²) < 4.78 is 1.59. The number of aromatic nitrogens is 4. The summed E-state index contributed by atoms with van der Waals surface area (Å²) in [6.45, 7) is 0.781. The van der Waals surface area contributed by atoms with E-state index in [1.807, 2.05) is 0 Å². The number of imidazole rings is 1. The van der Waals surface area contributed by atoms with Gasteiger partial charge in [0.05, 0.1) is 11.9 Å². The van der Waals surface area contributed by atoms with E-state index in [1.165, 1.54) is 31.2 Å². The number of nitrogens with one attached hydrogen (secondary N) is 1. The number of aromatic carboxylic acids is 1. The molecule has 8 nitrogen and oxygen atoms in total. The van der Waals surface area contributed by atoms with Crippen molar-refractivity contribution in [1.29, 1.82) is 0 Å². The third-order valence-electron chi connectivity index (χ3n) is 2.33. The lowest BCUT2D eigenvalue weighted by Crippen LogP contribution is -2.27. The van der Waals surface area contributed by atoms with Gasteiger partial charge in [0.2, 0.25) is 0 Å². The molecular weight excluding hydrogens is 250 g/mol. The molecular formula is C11H11N5O3. The molecule has 0 atom stereocenters. The molecule has 0 aromatic carbocycles. The molecule has 2 heterocycles. The van der Waals surface area contributed by atoms with Crippen molar-refractivity contribution in [3.8, 4) is 0 Å². The van der Waals surface area contributed by atoms with Gasteiger partial charge in [0, 0.05) is 31.7 Å². The first-order chi connectivity index (χ1) is 9.16. The number of hydrogen-bond acceptors (Lipinski definition) is 5. The SMILES string of the molecule is O=C(NCCn1cnc(C(=O)O)c1)c1cncnc1. The number of carbonyl (C=O) groups is 2. The first-order valence-corrected chi connectivity index (χ1v) is 5.45. The Morgan fingerprint density at radius 1 is 1.32 bits per heavy atom. The second kappa shape index (κ2) is 5.71. The molecule has 98 valence electrons. The standard InChI is InChI=1S/C11H11N5O3/c17-10(8-3-12-6-13-4-8)14-1-2-16-5-9(11(18)19)15-7-16/h3-7H,1-2H2,(H,14,17)(H,18,19). The van der Waals surface area contributed by atoms with Crippen LogP contribution in [0.5, 0.6) is 0 Å². The molecule has 0 saturated carbocycles. The van der Waals surface area contributed by atoms with Gasteiger partial charge in [0.25, 0.3) is 5.91 Å². The Labute approximate surface area is 108 Å². The van der Waals surface area contributed by atoms with Gasteiger partial charge in [-0.25, -0.2) is 19.7 Å². The number of nitrogens with zero attached hydrogens (tertiary/aromatic N) is 4. The molecule has 0 aliphatic heterocycles. The molecule has 0 aliphatic carbocycles. The van der Waals surface area contributed by atoms with Crippen LogP contribution < -0.4 is 5.32 Å². The maximum absolute atomic E-state index is 11.6. The zero-order chi connectivity index (χ0) is 13.7. The summed E-state index contributed by atoms with van der Waals surface area (Å²) in [4.78, 5) is 33.4. The zero-order valence-corrected chi connectivity index (χ0v) is 9.85. The predicted molar refractivity (Wildman–Crippen MR) is 63.6 cm³/mol. The van der Waals surface area contributed by atoms with E-state index in [0.717, 1.165) is 0 Å². The van der Waals surface area contributed by atoms with E-state index in [4.69, 9.17) is 5.11 Å². The average Bonchev–Trinajstić information content (AvgIpc) is 2.89. The Hall–Kier alpha value is -2.77. The van der Waals surface area contributed by atoms with Crippen LogP contribution in [0.25, 0.3) is 0 Å². The van der Waals surface area contributed by atoms with Gasteiger partial charge in [-0.1, -0.05) is 0 Å². The van der Waals surface area contributed by atoms with E-state index in [-0.39, 0.29) is 11.6 Å². The highest BCUT2D eigenvalue weighted by Gasteiger charge is 2.07. The lowest BCUT2D eigenvalue weighted by molar-refractivity contribution is 0.0690. The molecule has 2 aromatic rings. The van der Waals surface area contributed by atoms with Crippen molar-refractivity contribution in [2.75, 3.05) is 6.54 Å². The van der Waals surface area contributed by atoms with E-state index in [0.29, 0.717) is 18.7 Å². The van der Waals surface area contributed by atoms with E-state index in [9.17, 15) is 9.59 Å². The van der Waals surface area contributed by atoms with Gasteiger partial charge >= 0.3 is 5.97 Å². The highest BCUT2D eigenvalue weighted by molar-refractivity contribution is 5.93. The van der Waals surface area contributed by atoms with Crippen LogP contribution in [0.1, 0.15) is 20.8 Å². The molecule has 0 saturated heterocycles. The average molecular weight is 261 g/mol. The fourth-order valence-electron chi connectivity index (χ4n) is 1.41. The number of carboxylic acid groups (broad SMARTS) is 1. The number of carboxylic acids is 1. The van der Waals surface area contributed by atoms with E-state index in [1.54, 1.807) is 4.57 Å². The summed E-state index contributed by atoms with van der Waals surface area (Å²) in [6.07, 6.45) is 6.99. The first kappa shape index (κ1) is 12.7. The highest BCUT2D eigenvalue weighted by Crippen LogP contribution is 1.96. The summed E-state index contributed by atoms with van der Waals surface area (Å²) in [5, 5.41) is 11.4. The smallest absolute Gasteiger partial charge is 0.356 e. The van der Waals surface area contributed by atoms with Crippen LogP contribution >= 0.6 is 0 Å². The molecule has 0 fully saturated rings. The number of rotatable bonds is 5. The maximum atomic E-state index is 11.6. The van der Waals surface area contributed by atoms with Crippen LogP contribution in [0.3, 0.4) is 0 Å². The van der Waals surface area contributed by atoms with Crippen molar-refractivity contribution >= 4 is 11.9 Å². The molecule has 8 heteroatoms. The Balaban J connectivity index is 1.83. The largest absolute Gasteiger partial charge is 0.476 e. The Morgan fingerprint density at radius 3 is 2.68 bits per heavy atom. The zero-order valence-electron chi connectivity index (χ0n) is 9.85. The minimum atomic E-state index is -1.08. The topological polar surface area (TPSA) is 110 Å². The molecule has 0 radical (unpaired) electrons. The van der Waals surface area contributed by atoms with Crippen LogP contribution in [-0.4, -0.2) is 43.0 Å². The molecule has 0 spiro atoms. The molecule has 19 heavy (non-hydrogen) atoms. The normalized spacial score (nSPS) is 10.1. The van der Waals surface area contributed by atoms with E-state index >= 15 is 0 Å². The van der Waals surface area contributed by atoms with Gasteiger partial charge in [0.1, 0.15) is 6.33 Å². The number of hydrogen-bond donors (Lipinski definition) is 2. The molecule has 2 N–H and O–H groups in total. The van der Waals surface area contributed by atoms with Gasteiger partial charge in [-0.2, -0.15) is 0 Å². The monoisotopic (exact) mass is 261 g/mol. The van der Waals surface area contributed by atoms with Crippen molar-refractivity contribution < 1.29 is 14.7 Å². The number of carbonyl (C=O) groups excluding carboxylic acids is 1. The third-order valence-corrected chi connectivity index (χ3v) is 2.33. The molecule has 2 aromatic heterocycles. The highest BCUT2D eigenvalue weighted by atomic mass is 16.4. The van der Waals surface area contributed by atoms with Crippen LogP contribution in [0, 0.1) is 0 Å². The summed E-state index contributed by atoms with van der Waals surface area (Å²) in [6, 6.07) is 0. The van der Waals surface area contributed by atoms with Crippen molar-refractivity contribution in [2.24, 2.45) is 0 Å². The lowest BCUT2D eigenvalue weighted by Gasteiger charge is -2.04. The Morgan fingerprint density at radius 2 is 2.05 bits per heavy atom. The van der Waals surface area contributed by atoms with Crippen molar-refractivity contribution in [3.63, 3.8) is 0 Å². The second-order valence-electron chi connectivity index (χ2n) is 3.68. The van der Waals surface area contributed by atoms with Crippen LogP contribution in [-0.2, 0) is 6.54 Å². The third kappa shape index (κ3) is 3.35. The van der Waals surface area contributed by atoms with Gasteiger partial charge < -0.3 is 15.0 Å². The van der Waals surface area contributed by atoms with Gasteiger partial charge in [-0.3, -0.25) is 4.79 Å². The fraction of sp³-hybridized carbons (Fsp3) is 0.182. The first-order valence-electron chi connectivity index (χ1n) is 5.45. The lowest BCUT2D eigenvalue weighted by atomic mass is 10.3. The molecule has 0 unspecified atom stereocenters. The molecule has 0 aliphatic rings. The summed E-state index contributed by atoms with van der Waals surface area (Å²) in [7, 11) is 0. The van der Waals surface area contributed by atoms with Crippen molar-refractivity contribution in [2.45, 2.75) is 6.54 Å². The summed E-state index contributed by atoms with van der Waals surface area (Å²) in [5.41, 5.74) is 0.349. The molecule has 2 rings (SSSR count). The van der Waals surface area contributed by atoms with Crippen molar-refractivity contribution in [3.05, 3.63) is 42.5 Å². The minimum absolute atomic E-state index is 0.0252. The van der Waals surface area contributed by atoms with Gasteiger partial charge in [-0.15, -0.1) is 0 Å². The van der Waals surface area contributed by atoms with Gasteiger partial charge in [-0.05, 0) is 0 Å². The molecule has 1 amide bonds. The van der Waals surface area contributed by atoms with E-state index < -0.39 is 5.97 Å². The summed E-state index contributed by atoms with van der Waals surface area (Å²) in [5.74, 6) is -1.36. The van der Waals surface area contributed by atoms with Gasteiger partial charge in [0.15, 0.2) is 5.69 Å². The van der Waals surface area contributed by atoms with E-state index in [2.05, 4.69) is 20.3 Å².